The van der Waals surface area contributed by atoms with Crippen LogP contribution in [0, 0.1) is 0 Å². The van der Waals surface area contributed by atoms with Gasteiger partial charge in [0, 0.05) is 18.7 Å². The molecule has 3 rings (SSSR count). The average molecular weight is 473 g/mol. The maximum atomic E-state index is 13.4. The molecule has 0 aliphatic rings. The van der Waals surface area contributed by atoms with Gasteiger partial charge in [0.15, 0.2) is 0 Å². The molecule has 0 radical (unpaired) electrons. The normalized spacial score (nSPS) is 10.7. The quantitative estimate of drug-likeness (QED) is 0.206. The first-order chi connectivity index (χ1) is 17.1. The Balaban J connectivity index is 1.68. The molecule has 2 amide bonds. The molecule has 0 aliphatic carbocycles. The molecule has 0 fully saturated rings. The SMILES string of the molecule is C=CCN(CC(=O)N(Cc1ccccc1)Cc1ccco1)C(=O)c1ccc(CCCCCC)cc1. The number of unbranched alkanes of at least 4 members (excludes halogenated alkanes) is 3. The smallest absolute Gasteiger partial charge is 0.254 e. The van der Waals surface area contributed by atoms with E-state index in [1.807, 2.05) is 66.7 Å². The molecule has 0 saturated carbocycles. The molecule has 1 aromatic heterocycles. The summed E-state index contributed by atoms with van der Waals surface area (Å²) in [6.07, 6.45) is 9.13. The van der Waals surface area contributed by atoms with Crippen LogP contribution in [0.4, 0.5) is 0 Å². The van der Waals surface area contributed by atoms with Crippen molar-refractivity contribution in [2.45, 2.75) is 52.1 Å². The fourth-order valence-corrected chi connectivity index (χ4v) is 4.02. The second-order valence-corrected chi connectivity index (χ2v) is 8.80. The van der Waals surface area contributed by atoms with Crippen LogP contribution in [0.25, 0.3) is 0 Å². The Morgan fingerprint density at radius 1 is 0.857 bits per heavy atom. The fourth-order valence-electron chi connectivity index (χ4n) is 4.02. The van der Waals surface area contributed by atoms with Gasteiger partial charge in [-0.05, 0) is 48.2 Å². The topological polar surface area (TPSA) is 53.8 Å². The zero-order chi connectivity index (χ0) is 24.9. The van der Waals surface area contributed by atoms with Gasteiger partial charge in [0.25, 0.3) is 5.91 Å². The molecule has 0 N–H and O–H groups in total. The lowest BCUT2D eigenvalue weighted by Crippen LogP contribution is -2.42. The number of aryl methyl sites for hydroxylation is 1. The molecule has 184 valence electrons. The van der Waals surface area contributed by atoms with Gasteiger partial charge in [-0.1, -0.05) is 74.7 Å². The van der Waals surface area contributed by atoms with Crippen LogP contribution in [-0.4, -0.2) is 34.7 Å². The molecular formula is C30H36N2O3. The second-order valence-electron chi connectivity index (χ2n) is 8.80. The van der Waals surface area contributed by atoms with Gasteiger partial charge in [0.1, 0.15) is 12.3 Å². The highest BCUT2D eigenvalue weighted by atomic mass is 16.3. The number of furan rings is 1. The summed E-state index contributed by atoms with van der Waals surface area (Å²) in [4.78, 5) is 29.9. The van der Waals surface area contributed by atoms with E-state index >= 15 is 0 Å². The number of benzene rings is 2. The number of hydrogen-bond donors (Lipinski definition) is 0. The minimum atomic E-state index is -0.173. The minimum Gasteiger partial charge on any atom is -0.467 e. The first kappa shape index (κ1) is 26.0. The molecule has 0 unspecified atom stereocenters. The lowest BCUT2D eigenvalue weighted by atomic mass is 10.0. The van der Waals surface area contributed by atoms with Crippen molar-refractivity contribution in [2.24, 2.45) is 0 Å². The molecule has 0 bridgehead atoms. The fraction of sp³-hybridized carbons (Fsp3) is 0.333. The van der Waals surface area contributed by atoms with E-state index < -0.39 is 0 Å². The molecule has 5 heteroatoms. The predicted molar refractivity (Wildman–Crippen MR) is 140 cm³/mol. The summed E-state index contributed by atoms with van der Waals surface area (Å²) in [5, 5.41) is 0. The lowest BCUT2D eigenvalue weighted by Gasteiger charge is -2.27. The summed E-state index contributed by atoms with van der Waals surface area (Å²) in [6.45, 7) is 7.03. The largest absolute Gasteiger partial charge is 0.467 e. The first-order valence-electron chi connectivity index (χ1n) is 12.4. The van der Waals surface area contributed by atoms with Crippen molar-refractivity contribution < 1.29 is 14.0 Å². The van der Waals surface area contributed by atoms with Crippen LogP contribution in [-0.2, 0) is 24.3 Å². The minimum absolute atomic E-state index is 0.0306. The molecule has 0 aliphatic heterocycles. The van der Waals surface area contributed by atoms with Gasteiger partial charge in [-0.2, -0.15) is 0 Å². The van der Waals surface area contributed by atoms with Gasteiger partial charge >= 0.3 is 0 Å². The molecule has 1 heterocycles. The molecule has 5 nitrogen and oxygen atoms in total. The first-order valence-corrected chi connectivity index (χ1v) is 12.4. The van der Waals surface area contributed by atoms with Crippen LogP contribution >= 0.6 is 0 Å². The lowest BCUT2D eigenvalue weighted by molar-refractivity contribution is -0.133. The Kier molecular flexibility index (Phi) is 10.4. The molecule has 2 aromatic carbocycles. The van der Waals surface area contributed by atoms with Crippen LogP contribution in [0.2, 0.25) is 0 Å². The number of rotatable bonds is 14. The van der Waals surface area contributed by atoms with E-state index in [-0.39, 0.29) is 18.4 Å². The van der Waals surface area contributed by atoms with Gasteiger partial charge in [-0.3, -0.25) is 9.59 Å². The van der Waals surface area contributed by atoms with Crippen molar-refractivity contribution in [3.8, 4) is 0 Å². The van der Waals surface area contributed by atoms with E-state index in [4.69, 9.17) is 4.42 Å². The van der Waals surface area contributed by atoms with Crippen molar-refractivity contribution in [3.63, 3.8) is 0 Å². The van der Waals surface area contributed by atoms with Gasteiger partial charge in [0.05, 0.1) is 12.8 Å². The molecule has 0 spiro atoms. The number of carbonyl (C=O) groups excluding carboxylic acids is 2. The summed E-state index contributed by atoms with van der Waals surface area (Å²) in [5.74, 6) is 0.381. The summed E-state index contributed by atoms with van der Waals surface area (Å²) in [6, 6.07) is 21.2. The molecular weight excluding hydrogens is 436 g/mol. The standard InChI is InChI=1S/C30H36N2O3/c1-3-5-6-8-12-25-16-18-27(19-17-25)30(34)31(20-4-2)24-29(33)32(23-28-15-11-21-35-28)22-26-13-9-7-10-14-26/h4,7,9-11,13-19,21H,2-3,5-6,8,12,20,22-24H2,1H3. The van der Waals surface area contributed by atoms with Crippen molar-refractivity contribution in [2.75, 3.05) is 13.1 Å². The Morgan fingerprint density at radius 3 is 2.29 bits per heavy atom. The Morgan fingerprint density at radius 2 is 1.63 bits per heavy atom. The highest BCUT2D eigenvalue weighted by Crippen LogP contribution is 2.14. The summed E-state index contributed by atoms with van der Waals surface area (Å²) in [5.41, 5.74) is 2.83. The molecule has 3 aromatic rings. The molecule has 0 atom stereocenters. The zero-order valence-corrected chi connectivity index (χ0v) is 20.7. The van der Waals surface area contributed by atoms with Crippen molar-refractivity contribution in [3.05, 3.63) is 108 Å². The van der Waals surface area contributed by atoms with Gasteiger partial charge < -0.3 is 14.2 Å². The highest BCUT2D eigenvalue weighted by molar-refractivity contribution is 5.96. The van der Waals surface area contributed by atoms with E-state index in [0.29, 0.717) is 31.0 Å². The average Bonchev–Trinajstić information content (AvgIpc) is 3.40. The van der Waals surface area contributed by atoms with Crippen LogP contribution in [0.3, 0.4) is 0 Å². The van der Waals surface area contributed by atoms with Crippen molar-refractivity contribution in [1.29, 1.82) is 0 Å². The van der Waals surface area contributed by atoms with Gasteiger partial charge in [-0.25, -0.2) is 0 Å². The Hall–Kier alpha value is -3.60. The van der Waals surface area contributed by atoms with Crippen LogP contribution in [0.15, 0.2) is 90.1 Å². The van der Waals surface area contributed by atoms with E-state index in [9.17, 15) is 9.59 Å². The van der Waals surface area contributed by atoms with Gasteiger partial charge in [-0.15, -0.1) is 6.58 Å². The number of carbonyl (C=O) groups is 2. The third-order valence-corrected chi connectivity index (χ3v) is 5.98. The number of amides is 2. The second kappa shape index (κ2) is 14.0. The van der Waals surface area contributed by atoms with E-state index in [1.165, 1.54) is 24.8 Å². The monoisotopic (exact) mass is 472 g/mol. The maximum Gasteiger partial charge on any atom is 0.254 e. The maximum absolute atomic E-state index is 13.4. The van der Waals surface area contributed by atoms with Crippen molar-refractivity contribution in [1.82, 2.24) is 9.80 Å². The Labute approximate surface area is 209 Å². The highest BCUT2D eigenvalue weighted by Gasteiger charge is 2.22. The zero-order valence-electron chi connectivity index (χ0n) is 20.7. The predicted octanol–water partition coefficient (Wildman–Crippen LogP) is 6.26. The third kappa shape index (κ3) is 8.29. The summed E-state index contributed by atoms with van der Waals surface area (Å²) in [7, 11) is 0. The van der Waals surface area contributed by atoms with E-state index in [0.717, 1.165) is 18.4 Å². The van der Waals surface area contributed by atoms with E-state index in [1.54, 1.807) is 22.1 Å². The summed E-state index contributed by atoms with van der Waals surface area (Å²) >= 11 is 0. The van der Waals surface area contributed by atoms with Gasteiger partial charge in [0.2, 0.25) is 5.91 Å². The number of nitrogens with zero attached hydrogens (tertiary/aromatic N) is 2. The molecule has 35 heavy (non-hydrogen) atoms. The third-order valence-electron chi connectivity index (χ3n) is 5.98. The van der Waals surface area contributed by atoms with Crippen LogP contribution in [0.5, 0.6) is 0 Å². The summed E-state index contributed by atoms with van der Waals surface area (Å²) < 4.78 is 5.48. The Bertz CT molecular complexity index is 1040. The number of hydrogen-bond acceptors (Lipinski definition) is 3. The van der Waals surface area contributed by atoms with Crippen molar-refractivity contribution >= 4 is 11.8 Å². The van der Waals surface area contributed by atoms with E-state index in [2.05, 4.69) is 13.5 Å². The van der Waals surface area contributed by atoms with Crippen LogP contribution < -0.4 is 0 Å². The van der Waals surface area contributed by atoms with Crippen LogP contribution in [0.1, 0.15) is 59.9 Å². The molecule has 0 saturated heterocycles.